The Morgan fingerprint density at radius 2 is 1.83 bits per heavy atom. The number of hydrogen-bond acceptors (Lipinski definition) is 6. The number of amides is 4. The fourth-order valence-corrected chi connectivity index (χ4v) is 3.36. The molecular weight excluding hydrogens is 376 g/mol. The second-order valence-corrected chi connectivity index (χ2v) is 6.68. The fourth-order valence-electron chi connectivity index (χ4n) is 3.36. The van der Waals surface area contributed by atoms with Gasteiger partial charge in [0.25, 0.3) is 5.91 Å². The Hall–Kier alpha value is -3.94. The van der Waals surface area contributed by atoms with Gasteiger partial charge in [-0.1, -0.05) is 18.2 Å². The van der Waals surface area contributed by atoms with Gasteiger partial charge in [0, 0.05) is 11.5 Å². The Bertz CT molecular complexity index is 1220. The van der Waals surface area contributed by atoms with E-state index in [1.807, 2.05) is 0 Å². The number of aromatic hydroxyl groups is 1. The Morgan fingerprint density at radius 1 is 1.10 bits per heavy atom. The van der Waals surface area contributed by atoms with E-state index in [-0.39, 0.29) is 23.3 Å². The first-order valence-electron chi connectivity index (χ1n) is 8.84. The summed E-state index contributed by atoms with van der Waals surface area (Å²) in [7, 11) is 0. The van der Waals surface area contributed by atoms with Crippen LogP contribution in [0.4, 0.5) is 10.5 Å². The minimum Gasteiger partial charge on any atom is -0.508 e. The zero-order valence-electron chi connectivity index (χ0n) is 15.4. The summed E-state index contributed by atoms with van der Waals surface area (Å²) < 4.78 is 5.21. The molecule has 0 spiro atoms. The van der Waals surface area contributed by atoms with Gasteiger partial charge in [-0.3, -0.25) is 14.5 Å². The second kappa shape index (κ2) is 6.90. The average molecular weight is 392 g/mol. The Morgan fingerprint density at radius 3 is 2.55 bits per heavy atom. The zero-order valence-corrected chi connectivity index (χ0v) is 15.4. The molecule has 2 aromatic carbocycles. The van der Waals surface area contributed by atoms with Crippen LogP contribution in [0.25, 0.3) is 11.0 Å². The van der Waals surface area contributed by atoms with Gasteiger partial charge in [-0.2, -0.15) is 0 Å². The minimum atomic E-state index is -0.751. The van der Waals surface area contributed by atoms with Gasteiger partial charge in [0.15, 0.2) is 0 Å². The predicted molar refractivity (Wildman–Crippen MR) is 104 cm³/mol. The Kier molecular flexibility index (Phi) is 4.38. The summed E-state index contributed by atoms with van der Waals surface area (Å²) in [5.41, 5.74) is 0.464. The number of aryl methyl sites for hydroxylation is 1. The molecule has 8 heteroatoms. The minimum absolute atomic E-state index is 0.0499. The number of rotatable bonds is 3. The van der Waals surface area contributed by atoms with Gasteiger partial charge in [0.05, 0.1) is 17.7 Å². The van der Waals surface area contributed by atoms with Crippen molar-refractivity contribution in [1.29, 1.82) is 0 Å². The molecule has 1 aliphatic heterocycles. The van der Waals surface area contributed by atoms with Crippen LogP contribution in [-0.4, -0.2) is 34.4 Å². The summed E-state index contributed by atoms with van der Waals surface area (Å²) in [5.74, 6) is -1.24. The molecule has 0 radical (unpaired) electrons. The molecule has 1 saturated heterocycles. The molecule has 0 saturated carbocycles. The topological polar surface area (TPSA) is 108 Å². The number of anilines is 1. The highest BCUT2D eigenvalue weighted by Crippen LogP contribution is 2.25. The number of nitrogens with zero attached hydrogens (tertiary/aromatic N) is 2. The summed E-state index contributed by atoms with van der Waals surface area (Å²) in [6.45, 7) is 1.27. The maximum atomic E-state index is 12.7. The highest BCUT2D eigenvalue weighted by Gasteiger charge is 2.40. The standard InChI is InChI=1S/C21H16N2O6/c1-12-15-8-7-14(24)9-17(15)29-20(27)16(12)10-18(25)22-11-19(26)23(21(22)28)13-5-3-2-4-6-13/h2-9,24H,10-11H2,1H3. The highest BCUT2D eigenvalue weighted by molar-refractivity contribution is 6.24. The van der Waals surface area contributed by atoms with Crippen molar-refractivity contribution in [2.45, 2.75) is 13.3 Å². The van der Waals surface area contributed by atoms with E-state index in [1.165, 1.54) is 12.1 Å². The molecule has 8 nitrogen and oxygen atoms in total. The van der Waals surface area contributed by atoms with Crippen molar-refractivity contribution in [2.75, 3.05) is 11.4 Å². The molecule has 146 valence electrons. The summed E-state index contributed by atoms with van der Waals surface area (Å²) in [6, 6.07) is 11.9. The number of phenols is 1. The monoisotopic (exact) mass is 392 g/mol. The lowest BCUT2D eigenvalue weighted by Gasteiger charge is -2.16. The van der Waals surface area contributed by atoms with Gasteiger partial charge in [0.1, 0.15) is 17.9 Å². The van der Waals surface area contributed by atoms with Crippen LogP contribution < -0.4 is 10.5 Å². The first-order valence-corrected chi connectivity index (χ1v) is 8.84. The van der Waals surface area contributed by atoms with Gasteiger partial charge in [-0.15, -0.1) is 0 Å². The van der Waals surface area contributed by atoms with Crippen LogP contribution in [0.5, 0.6) is 5.75 Å². The molecule has 2 heterocycles. The predicted octanol–water partition coefficient (Wildman–Crippen LogP) is 2.34. The average Bonchev–Trinajstić information content (AvgIpc) is 2.99. The smallest absolute Gasteiger partial charge is 0.340 e. The number of hydrogen-bond donors (Lipinski definition) is 1. The third-order valence-electron chi connectivity index (χ3n) is 4.88. The van der Waals surface area contributed by atoms with Crippen molar-refractivity contribution >= 4 is 34.5 Å². The molecule has 1 N–H and O–H groups in total. The van der Waals surface area contributed by atoms with Crippen LogP contribution in [0.1, 0.15) is 11.1 Å². The number of phenolic OH excluding ortho intramolecular Hbond substituents is 1. The summed E-state index contributed by atoms with van der Waals surface area (Å²) >= 11 is 0. The van der Waals surface area contributed by atoms with Gasteiger partial charge in [0.2, 0.25) is 5.91 Å². The maximum absolute atomic E-state index is 12.7. The Labute approximate surface area is 164 Å². The number of para-hydroxylation sites is 1. The lowest BCUT2D eigenvalue weighted by atomic mass is 10.0. The summed E-state index contributed by atoms with van der Waals surface area (Å²) in [5, 5.41) is 10.1. The molecule has 4 rings (SSSR count). The van der Waals surface area contributed by atoms with Crippen molar-refractivity contribution in [3.63, 3.8) is 0 Å². The van der Waals surface area contributed by atoms with Crippen molar-refractivity contribution in [3.05, 3.63) is 70.1 Å². The van der Waals surface area contributed by atoms with Crippen LogP contribution in [0, 0.1) is 6.92 Å². The molecule has 0 bridgehead atoms. The van der Waals surface area contributed by atoms with E-state index in [0.717, 1.165) is 9.80 Å². The van der Waals surface area contributed by atoms with E-state index in [4.69, 9.17) is 4.42 Å². The Balaban J connectivity index is 1.63. The van der Waals surface area contributed by atoms with Crippen LogP contribution in [-0.2, 0) is 16.0 Å². The summed E-state index contributed by atoms with van der Waals surface area (Å²) in [6.07, 6.45) is -0.382. The number of carbonyl (C=O) groups excluding carboxylic acids is 3. The number of carbonyl (C=O) groups is 3. The first kappa shape index (κ1) is 18.4. The lowest BCUT2D eigenvalue weighted by Crippen LogP contribution is -2.38. The largest absolute Gasteiger partial charge is 0.508 e. The van der Waals surface area contributed by atoms with Crippen molar-refractivity contribution < 1.29 is 23.9 Å². The van der Waals surface area contributed by atoms with E-state index < -0.39 is 30.0 Å². The zero-order chi connectivity index (χ0) is 20.7. The molecule has 0 atom stereocenters. The van der Waals surface area contributed by atoms with Crippen LogP contribution in [0.15, 0.2) is 57.7 Å². The normalized spacial score (nSPS) is 14.1. The fraction of sp³-hybridized carbons (Fsp3) is 0.143. The van der Waals surface area contributed by atoms with Crippen molar-refractivity contribution in [1.82, 2.24) is 4.90 Å². The number of imide groups is 2. The third-order valence-corrected chi connectivity index (χ3v) is 4.88. The molecule has 0 unspecified atom stereocenters. The van der Waals surface area contributed by atoms with E-state index >= 15 is 0 Å². The molecule has 1 aliphatic rings. The quantitative estimate of drug-likeness (QED) is 0.541. The molecular formula is C21H16N2O6. The molecule has 4 amide bonds. The van der Waals surface area contributed by atoms with E-state index in [9.17, 15) is 24.3 Å². The van der Waals surface area contributed by atoms with E-state index in [2.05, 4.69) is 0 Å². The molecule has 1 aromatic heterocycles. The highest BCUT2D eigenvalue weighted by atomic mass is 16.4. The van der Waals surface area contributed by atoms with Crippen LogP contribution >= 0.6 is 0 Å². The number of fused-ring (bicyclic) bond motifs is 1. The lowest BCUT2D eigenvalue weighted by molar-refractivity contribution is -0.129. The molecule has 1 fully saturated rings. The van der Waals surface area contributed by atoms with Crippen LogP contribution in [0.2, 0.25) is 0 Å². The van der Waals surface area contributed by atoms with Crippen molar-refractivity contribution in [2.24, 2.45) is 0 Å². The van der Waals surface area contributed by atoms with Gasteiger partial charge in [-0.05, 0) is 36.8 Å². The van der Waals surface area contributed by atoms with Gasteiger partial charge in [-0.25, -0.2) is 14.5 Å². The molecule has 0 aliphatic carbocycles. The van der Waals surface area contributed by atoms with Gasteiger partial charge < -0.3 is 9.52 Å². The van der Waals surface area contributed by atoms with Gasteiger partial charge >= 0.3 is 11.7 Å². The third kappa shape index (κ3) is 3.14. The number of benzene rings is 2. The van der Waals surface area contributed by atoms with E-state index in [1.54, 1.807) is 43.3 Å². The van der Waals surface area contributed by atoms with Crippen molar-refractivity contribution in [3.8, 4) is 5.75 Å². The van der Waals surface area contributed by atoms with E-state index in [0.29, 0.717) is 16.6 Å². The molecule has 29 heavy (non-hydrogen) atoms. The second-order valence-electron chi connectivity index (χ2n) is 6.68. The summed E-state index contributed by atoms with van der Waals surface area (Å²) in [4.78, 5) is 51.8. The molecule has 3 aromatic rings. The number of urea groups is 1. The van der Waals surface area contributed by atoms with Crippen LogP contribution in [0.3, 0.4) is 0 Å². The maximum Gasteiger partial charge on any atom is 0.340 e. The SMILES string of the molecule is Cc1c(CC(=O)N2CC(=O)N(c3ccccc3)C2=O)c(=O)oc2cc(O)ccc12. The first-order chi connectivity index (χ1) is 13.9.